The average Bonchev–Trinajstić information content (AvgIpc) is 2.72. The number of halogens is 2. The minimum Gasteiger partial charge on any atom is -0.102 e. The third-order valence-electron chi connectivity index (χ3n) is 6.54. The highest BCUT2D eigenvalue weighted by Gasteiger charge is 2.22. The Morgan fingerprint density at radius 1 is 0.333 bits per heavy atom. The standard InChI is InChI=1S/C28H56Cl2/c1-3-5-7-9-11-12-13-14-15-16-17-18-19-21-23-25-27-28(29,30)26-24-22-20-10-8-6-4-2/h3-27H2,1-2H3. The average molecular weight is 464 g/mol. The molecule has 0 aromatic carbocycles. The minimum atomic E-state index is -0.473. The molecule has 0 atom stereocenters. The first-order valence-electron chi connectivity index (χ1n) is 14.0. The number of unbranched alkanes of at least 4 members (excludes halogenated alkanes) is 21. The van der Waals surface area contributed by atoms with Crippen molar-refractivity contribution in [3.05, 3.63) is 0 Å². The molecule has 0 aliphatic carbocycles. The van der Waals surface area contributed by atoms with Gasteiger partial charge in [-0.2, -0.15) is 0 Å². The van der Waals surface area contributed by atoms with Gasteiger partial charge in [0, 0.05) is 0 Å². The molecule has 0 radical (unpaired) electrons. The molecule has 182 valence electrons. The van der Waals surface area contributed by atoms with E-state index in [2.05, 4.69) is 13.8 Å². The summed E-state index contributed by atoms with van der Waals surface area (Å²) in [5, 5.41) is 0. The lowest BCUT2D eigenvalue weighted by Crippen LogP contribution is -2.12. The Morgan fingerprint density at radius 2 is 0.533 bits per heavy atom. The minimum absolute atomic E-state index is 0.473. The van der Waals surface area contributed by atoms with Crippen molar-refractivity contribution in [2.24, 2.45) is 0 Å². The van der Waals surface area contributed by atoms with Crippen molar-refractivity contribution in [1.82, 2.24) is 0 Å². The van der Waals surface area contributed by atoms with Crippen molar-refractivity contribution in [2.75, 3.05) is 0 Å². The summed E-state index contributed by atoms with van der Waals surface area (Å²) < 4.78 is -0.473. The van der Waals surface area contributed by atoms with E-state index in [0.717, 1.165) is 12.8 Å². The van der Waals surface area contributed by atoms with Gasteiger partial charge in [-0.15, -0.1) is 23.2 Å². The first-order valence-corrected chi connectivity index (χ1v) is 14.8. The van der Waals surface area contributed by atoms with Gasteiger partial charge in [0.25, 0.3) is 0 Å². The van der Waals surface area contributed by atoms with Crippen LogP contribution in [-0.2, 0) is 0 Å². The predicted molar refractivity (Wildman–Crippen MR) is 141 cm³/mol. The van der Waals surface area contributed by atoms with E-state index in [1.165, 1.54) is 148 Å². The van der Waals surface area contributed by atoms with E-state index in [9.17, 15) is 0 Å². The van der Waals surface area contributed by atoms with E-state index in [4.69, 9.17) is 23.2 Å². The fourth-order valence-corrected chi connectivity index (χ4v) is 4.93. The zero-order chi connectivity index (χ0) is 22.2. The summed E-state index contributed by atoms with van der Waals surface area (Å²) in [6, 6.07) is 0. The van der Waals surface area contributed by atoms with Gasteiger partial charge in [0.2, 0.25) is 0 Å². The van der Waals surface area contributed by atoms with Crippen molar-refractivity contribution in [1.29, 1.82) is 0 Å². The molecule has 0 amide bonds. The van der Waals surface area contributed by atoms with Crippen molar-refractivity contribution in [3.63, 3.8) is 0 Å². The zero-order valence-corrected chi connectivity index (χ0v) is 22.4. The maximum absolute atomic E-state index is 6.53. The van der Waals surface area contributed by atoms with Crippen molar-refractivity contribution in [2.45, 2.75) is 179 Å². The van der Waals surface area contributed by atoms with Gasteiger partial charge in [0.1, 0.15) is 4.33 Å². The number of hydrogen-bond acceptors (Lipinski definition) is 0. The Balaban J connectivity index is 3.25. The number of hydrogen-bond donors (Lipinski definition) is 0. The highest BCUT2D eigenvalue weighted by Crippen LogP contribution is 2.33. The molecule has 0 heterocycles. The molecule has 0 aliphatic heterocycles. The van der Waals surface area contributed by atoms with Crippen LogP contribution in [0.1, 0.15) is 174 Å². The lowest BCUT2D eigenvalue weighted by Gasteiger charge is -2.19. The van der Waals surface area contributed by atoms with Crippen LogP contribution in [0.4, 0.5) is 0 Å². The fraction of sp³-hybridized carbons (Fsp3) is 1.00. The van der Waals surface area contributed by atoms with Crippen LogP contribution in [0.15, 0.2) is 0 Å². The smallest absolute Gasteiger partial charge is 0.102 e. The van der Waals surface area contributed by atoms with Crippen molar-refractivity contribution in [3.8, 4) is 0 Å². The predicted octanol–water partition coefficient (Wildman–Crippen LogP) is 12.0. The lowest BCUT2D eigenvalue weighted by molar-refractivity contribution is 0.505. The summed E-state index contributed by atoms with van der Waals surface area (Å²) in [5.41, 5.74) is 0. The Bertz CT molecular complexity index is 314. The Hall–Kier alpha value is 0.580. The Kier molecular flexibility index (Phi) is 24.7. The molecule has 0 aromatic rings. The summed E-state index contributed by atoms with van der Waals surface area (Å²) in [5.74, 6) is 0. The molecular formula is C28H56Cl2. The first-order chi connectivity index (χ1) is 14.6. The molecule has 0 nitrogen and oxygen atoms in total. The number of rotatable bonds is 25. The van der Waals surface area contributed by atoms with Crippen molar-refractivity contribution < 1.29 is 0 Å². The maximum atomic E-state index is 6.53. The second kappa shape index (κ2) is 24.2. The first kappa shape index (κ1) is 30.6. The molecule has 0 unspecified atom stereocenters. The van der Waals surface area contributed by atoms with Gasteiger partial charge >= 0.3 is 0 Å². The summed E-state index contributed by atoms with van der Waals surface area (Å²) >= 11 is 13.1. The molecule has 0 saturated heterocycles. The fourth-order valence-electron chi connectivity index (χ4n) is 4.40. The highest BCUT2D eigenvalue weighted by atomic mass is 35.5. The van der Waals surface area contributed by atoms with E-state index in [1.54, 1.807) is 0 Å². The van der Waals surface area contributed by atoms with Gasteiger partial charge in [-0.3, -0.25) is 0 Å². The molecule has 0 N–H and O–H groups in total. The van der Waals surface area contributed by atoms with Crippen LogP contribution in [0, 0.1) is 0 Å². The number of alkyl halides is 2. The zero-order valence-electron chi connectivity index (χ0n) is 20.9. The van der Waals surface area contributed by atoms with Crippen LogP contribution in [-0.4, -0.2) is 4.33 Å². The summed E-state index contributed by atoms with van der Waals surface area (Å²) in [7, 11) is 0. The summed E-state index contributed by atoms with van der Waals surface area (Å²) in [6.45, 7) is 4.57. The van der Waals surface area contributed by atoms with Gasteiger partial charge in [-0.05, 0) is 12.8 Å². The van der Waals surface area contributed by atoms with Crippen LogP contribution in [0.25, 0.3) is 0 Å². The van der Waals surface area contributed by atoms with Crippen LogP contribution in [0.2, 0.25) is 0 Å². The van der Waals surface area contributed by atoms with E-state index < -0.39 is 4.33 Å². The van der Waals surface area contributed by atoms with Crippen molar-refractivity contribution >= 4 is 23.2 Å². The van der Waals surface area contributed by atoms with E-state index in [1.807, 2.05) is 0 Å². The second-order valence-corrected chi connectivity index (χ2v) is 11.4. The SMILES string of the molecule is CCCCCCCCCCCCCCCCCCC(Cl)(Cl)CCCCCCCCC. The third kappa shape index (κ3) is 24.8. The molecule has 0 aromatic heterocycles. The maximum Gasteiger partial charge on any atom is 0.118 e. The molecule has 0 rings (SSSR count). The van der Waals surface area contributed by atoms with Gasteiger partial charge in [0.05, 0.1) is 0 Å². The van der Waals surface area contributed by atoms with Gasteiger partial charge < -0.3 is 0 Å². The quantitative estimate of drug-likeness (QED) is 0.0932. The molecule has 2 heteroatoms. The van der Waals surface area contributed by atoms with Gasteiger partial charge in [0.15, 0.2) is 0 Å². The van der Waals surface area contributed by atoms with Crippen LogP contribution in [0.5, 0.6) is 0 Å². The van der Waals surface area contributed by atoms with Gasteiger partial charge in [-0.25, -0.2) is 0 Å². The lowest BCUT2D eigenvalue weighted by atomic mass is 10.0. The van der Waals surface area contributed by atoms with Gasteiger partial charge in [-0.1, -0.05) is 162 Å². The van der Waals surface area contributed by atoms with Crippen LogP contribution in [0.3, 0.4) is 0 Å². The molecule has 30 heavy (non-hydrogen) atoms. The van der Waals surface area contributed by atoms with E-state index in [0.29, 0.717) is 0 Å². The Morgan fingerprint density at radius 3 is 0.767 bits per heavy atom. The molecule has 0 bridgehead atoms. The highest BCUT2D eigenvalue weighted by molar-refractivity contribution is 6.48. The normalized spacial score (nSPS) is 12.0. The molecule has 0 aliphatic rings. The molecule has 0 saturated carbocycles. The largest absolute Gasteiger partial charge is 0.118 e. The topological polar surface area (TPSA) is 0 Å². The van der Waals surface area contributed by atoms with E-state index >= 15 is 0 Å². The molecular weight excluding hydrogens is 407 g/mol. The third-order valence-corrected chi connectivity index (χ3v) is 7.30. The summed E-state index contributed by atoms with van der Waals surface area (Å²) in [4.78, 5) is 0. The van der Waals surface area contributed by atoms with Crippen LogP contribution < -0.4 is 0 Å². The monoisotopic (exact) mass is 462 g/mol. The molecule has 0 fully saturated rings. The Labute approximate surface area is 201 Å². The second-order valence-electron chi connectivity index (χ2n) is 9.78. The summed E-state index contributed by atoms with van der Waals surface area (Å²) in [6.07, 6.45) is 33.8. The van der Waals surface area contributed by atoms with E-state index in [-0.39, 0.29) is 0 Å². The van der Waals surface area contributed by atoms with Crippen LogP contribution >= 0.6 is 23.2 Å². The molecule has 0 spiro atoms.